The minimum atomic E-state index is -4.43. The molecule has 0 radical (unpaired) electrons. The quantitative estimate of drug-likeness (QED) is 0.487. The number of alkyl halides is 3. The highest BCUT2D eigenvalue weighted by molar-refractivity contribution is 5.98. The monoisotopic (exact) mass is 414 g/mol. The van der Waals surface area contributed by atoms with E-state index in [1.54, 1.807) is 4.40 Å². The average Bonchev–Trinajstić information content (AvgIpc) is 3.33. The Morgan fingerprint density at radius 1 is 1.07 bits per heavy atom. The number of ketones is 1. The predicted molar refractivity (Wildman–Crippen MR) is 98.6 cm³/mol. The van der Waals surface area contributed by atoms with Crippen molar-refractivity contribution in [1.82, 2.24) is 24.3 Å². The number of halogens is 3. The molecule has 0 unspecified atom stereocenters. The van der Waals surface area contributed by atoms with E-state index >= 15 is 0 Å². The summed E-state index contributed by atoms with van der Waals surface area (Å²) in [6, 6.07) is 4.62. The van der Waals surface area contributed by atoms with Crippen LogP contribution < -0.4 is 5.73 Å². The van der Waals surface area contributed by atoms with Gasteiger partial charge in [0.15, 0.2) is 11.4 Å². The molecule has 11 heteroatoms. The first-order valence-electron chi connectivity index (χ1n) is 8.60. The standard InChI is InChI=1S/C19H13F3N6O2/c20-19(21,22)11-3-1-10(2-4-11)14-6-25-16-7-24-13(8-28(14)16)15(29)5-12-17(18(23)30)27-9-26-12/h1-4,6-9H,5H2,(H2,23,30)(H,26,27). The minimum Gasteiger partial charge on any atom is -0.364 e. The summed E-state index contributed by atoms with van der Waals surface area (Å²) >= 11 is 0. The van der Waals surface area contributed by atoms with Gasteiger partial charge in [0.25, 0.3) is 5.91 Å². The van der Waals surface area contributed by atoms with E-state index in [4.69, 9.17) is 5.73 Å². The van der Waals surface area contributed by atoms with Gasteiger partial charge in [-0.3, -0.25) is 14.0 Å². The molecule has 4 aromatic rings. The Labute approximate surface area is 166 Å². The second-order valence-corrected chi connectivity index (χ2v) is 6.41. The number of aromatic amines is 1. The molecular weight excluding hydrogens is 401 g/mol. The van der Waals surface area contributed by atoms with Crippen molar-refractivity contribution in [3.8, 4) is 11.3 Å². The summed E-state index contributed by atoms with van der Waals surface area (Å²) in [5.41, 5.74) is 6.18. The molecule has 3 aromatic heterocycles. The SMILES string of the molecule is NC(=O)c1nc[nH]c1CC(=O)c1cn2c(-c3ccc(C(F)(F)F)cc3)cnc2cn1. The molecule has 0 fully saturated rings. The van der Waals surface area contributed by atoms with Gasteiger partial charge in [0.2, 0.25) is 0 Å². The highest BCUT2D eigenvalue weighted by atomic mass is 19.4. The number of imidazole rings is 2. The van der Waals surface area contributed by atoms with Gasteiger partial charge >= 0.3 is 6.18 Å². The summed E-state index contributed by atoms with van der Waals surface area (Å²) < 4.78 is 39.9. The van der Waals surface area contributed by atoms with Gasteiger partial charge < -0.3 is 10.7 Å². The van der Waals surface area contributed by atoms with Gasteiger partial charge in [0, 0.05) is 11.8 Å². The van der Waals surface area contributed by atoms with Crippen molar-refractivity contribution >= 4 is 17.3 Å². The molecule has 0 saturated heterocycles. The van der Waals surface area contributed by atoms with Crippen molar-refractivity contribution in [2.45, 2.75) is 12.6 Å². The molecule has 152 valence electrons. The van der Waals surface area contributed by atoms with Crippen LogP contribution in [-0.2, 0) is 12.6 Å². The highest BCUT2D eigenvalue weighted by Gasteiger charge is 2.30. The highest BCUT2D eigenvalue weighted by Crippen LogP contribution is 2.31. The molecule has 0 aliphatic heterocycles. The van der Waals surface area contributed by atoms with Crippen LogP contribution in [0.4, 0.5) is 13.2 Å². The van der Waals surface area contributed by atoms with Crippen LogP contribution in [-0.4, -0.2) is 36.0 Å². The second kappa shape index (κ2) is 7.10. The summed E-state index contributed by atoms with van der Waals surface area (Å²) in [4.78, 5) is 38.7. The number of Topliss-reactive ketones (excluding diaryl/α,β-unsaturated/α-hetero) is 1. The van der Waals surface area contributed by atoms with Gasteiger partial charge in [-0.25, -0.2) is 15.0 Å². The average molecular weight is 414 g/mol. The molecule has 8 nitrogen and oxygen atoms in total. The molecule has 0 aliphatic carbocycles. The number of rotatable bonds is 5. The normalized spacial score (nSPS) is 11.7. The van der Waals surface area contributed by atoms with E-state index in [1.165, 1.54) is 37.1 Å². The third-order valence-electron chi connectivity index (χ3n) is 4.48. The zero-order valence-corrected chi connectivity index (χ0v) is 15.1. The number of amides is 1. The number of carbonyl (C=O) groups is 2. The first-order chi connectivity index (χ1) is 14.2. The molecule has 0 spiro atoms. The molecule has 0 saturated carbocycles. The lowest BCUT2D eigenvalue weighted by Crippen LogP contribution is -2.16. The predicted octanol–water partition coefficient (Wildman–Crippen LogP) is 2.66. The lowest BCUT2D eigenvalue weighted by Gasteiger charge is -2.08. The fraction of sp³-hybridized carbons (Fsp3) is 0.105. The topological polar surface area (TPSA) is 119 Å². The fourth-order valence-corrected chi connectivity index (χ4v) is 3.00. The van der Waals surface area contributed by atoms with Crippen LogP contribution in [0, 0.1) is 0 Å². The number of aromatic nitrogens is 5. The van der Waals surface area contributed by atoms with E-state index in [0.717, 1.165) is 12.1 Å². The van der Waals surface area contributed by atoms with Gasteiger partial charge in [-0.1, -0.05) is 12.1 Å². The number of nitrogens with one attached hydrogen (secondary N) is 1. The molecule has 0 bridgehead atoms. The maximum atomic E-state index is 12.8. The molecule has 0 aliphatic rings. The van der Waals surface area contributed by atoms with Crippen molar-refractivity contribution < 1.29 is 22.8 Å². The van der Waals surface area contributed by atoms with Crippen LogP contribution in [0.15, 0.2) is 49.2 Å². The lowest BCUT2D eigenvalue weighted by molar-refractivity contribution is -0.137. The Balaban J connectivity index is 1.67. The maximum absolute atomic E-state index is 12.8. The molecule has 1 aromatic carbocycles. The Morgan fingerprint density at radius 2 is 1.80 bits per heavy atom. The number of primary amides is 1. The van der Waals surface area contributed by atoms with E-state index in [1.807, 2.05) is 0 Å². The molecule has 4 rings (SSSR count). The third-order valence-corrected chi connectivity index (χ3v) is 4.48. The largest absolute Gasteiger partial charge is 0.416 e. The van der Waals surface area contributed by atoms with Crippen LogP contribution in [0.2, 0.25) is 0 Å². The van der Waals surface area contributed by atoms with Crippen LogP contribution in [0.5, 0.6) is 0 Å². The van der Waals surface area contributed by atoms with E-state index in [-0.39, 0.29) is 23.5 Å². The summed E-state index contributed by atoms with van der Waals surface area (Å²) in [6.45, 7) is 0. The van der Waals surface area contributed by atoms with Crippen molar-refractivity contribution in [3.63, 3.8) is 0 Å². The van der Waals surface area contributed by atoms with Crippen LogP contribution in [0.3, 0.4) is 0 Å². The summed E-state index contributed by atoms with van der Waals surface area (Å²) in [5.74, 6) is -1.17. The Hall–Kier alpha value is -4.02. The fourth-order valence-electron chi connectivity index (χ4n) is 3.00. The molecule has 30 heavy (non-hydrogen) atoms. The number of H-pyrrole nitrogens is 1. The first kappa shape index (κ1) is 19.3. The Morgan fingerprint density at radius 3 is 2.47 bits per heavy atom. The van der Waals surface area contributed by atoms with Crippen molar-refractivity contribution in [2.24, 2.45) is 5.73 Å². The number of hydrogen-bond acceptors (Lipinski definition) is 5. The summed E-state index contributed by atoms with van der Waals surface area (Å²) in [7, 11) is 0. The number of nitrogens with two attached hydrogens (primary N) is 1. The van der Waals surface area contributed by atoms with Crippen LogP contribution in [0.25, 0.3) is 16.9 Å². The number of nitrogens with zero attached hydrogens (tertiary/aromatic N) is 4. The van der Waals surface area contributed by atoms with E-state index < -0.39 is 23.4 Å². The van der Waals surface area contributed by atoms with Gasteiger partial charge in [-0.15, -0.1) is 0 Å². The number of benzene rings is 1. The zero-order valence-electron chi connectivity index (χ0n) is 15.1. The Bertz CT molecular complexity index is 1260. The van der Waals surface area contributed by atoms with Crippen molar-refractivity contribution in [2.75, 3.05) is 0 Å². The Kier molecular flexibility index (Phi) is 4.57. The van der Waals surface area contributed by atoms with Crippen LogP contribution in [0.1, 0.15) is 32.2 Å². The van der Waals surface area contributed by atoms with E-state index in [9.17, 15) is 22.8 Å². The van der Waals surface area contributed by atoms with Crippen molar-refractivity contribution in [3.05, 3.63) is 71.8 Å². The molecule has 0 atom stereocenters. The van der Waals surface area contributed by atoms with E-state index in [0.29, 0.717) is 16.9 Å². The number of hydrogen-bond donors (Lipinski definition) is 2. The minimum absolute atomic E-state index is 0.0301. The van der Waals surface area contributed by atoms with Gasteiger partial charge in [-0.05, 0) is 12.1 Å². The summed E-state index contributed by atoms with van der Waals surface area (Å²) in [5, 5.41) is 0. The van der Waals surface area contributed by atoms with Gasteiger partial charge in [0.1, 0.15) is 11.4 Å². The number of fused-ring (bicyclic) bond motifs is 1. The molecular formula is C19H13F3N6O2. The lowest BCUT2D eigenvalue weighted by atomic mass is 10.1. The number of carbonyl (C=O) groups excluding carboxylic acids is 2. The van der Waals surface area contributed by atoms with Crippen molar-refractivity contribution in [1.29, 1.82) is 0 Å². The first-order valence-corrected chi connectivity index (χ1v) is 8.60. The van der Waals surface area contributed by atoms with E-state index in [2.05, 4.69) is 19.9 Å². The zero-order chi connectivity index (χ0) is 21.5. The summed E-state index contributed by atoms with van der Waals surface area (Å²) in [6.07, 6.45) is 0.950. The molecule has 3 heterocycles. The van der Waals surface area contributed by atoms with Gasteiger partial charge in [-0.2, -0.15) is 13.2 Å². The molecule has 1 amide bonds. The van der Waals surface area contributed by atoms with Gasteiger partial charge in [0.05, 0.1) is 42.1 Å². The smallest absolute Gasteiger partial charge is 0.364 e. The molecule has 3 N–H and O–H groups in total. The van der Waals surface area contributed by atoms with Crippen LogP contribution >= 0.6 is 0 Å². The second-order valence-electron chi connectivity index (χ2n) is 6.41. The third kappa shape index (κ3) is 3.52. The maximum Gasteiger partial charge on any atom is 0.416 e.